The summed E-state index contributed by atoms with van der Waals surface area (Å²) in [6.45, 7) is 12.3. The quantitative estimate of drug-likeness (QED) is 0.753. The topological polar surface area (TPSA) is 26.8 Å². The molecule has 0 aliphatic carbocycles. The summed E-state index contributed by atoms with van der Waals surface area (Å²) < 4.78 is 0. The first-order chi connectivity index (χ1) is 8.32. The number of hydrogen-bond acceptors (Lipinski definition) is 3. The number of amides is 1. The highest BCUT2D eigenvalue weighted by atomic mass is 16.2. The minimum Gasteiger partial charge on any atom is -0.339 e. The van der Waals surface area contributed by atoms with Gasteiger partial charge in [0.2, 0.25) is 5.91 Å². The van der Waals surface area contributed by atoms with Gasteiger partial charge in [-0.05, 0) is 27.9 Å². The fourth-order valence-corrected chi connectivity index (χ4v) is 2.66. The van der Waals surface area contributed by atoms with Crippen molar-refractivity contribution in [3.8, 4) is 0 Å². The molecule has 1 aliphatic heterocycles. The summed E-state index contributed by atoms with van der Waals surface area (Å²) in [5.41, 5.74) is 0. The predicted molar refractivity (Wildman–Crippen MR) is 75.6 cm³/mol. The van der Waals surface area contributed by atoms with Crippen molar-refractivity contribution >= 4 is 5.91 Å². The molecule has 1 saturated heterocycles. The van der Waals surface area contributed by atoms with Crippen molar-refractivity contribution in [1.29, 1.82) is 0 Å². The lowest BCUT2D eigenvalue weighted by molar-refractivity contribution is -0.138. The highest BCUT2D eigenvalue weighted by Crippen LogP contribution is 2.17. The maximum atomic E-state index is 12.1. The van der Waals surface area contributed by atoms with Gasteiger partial charge < -0.3 is 9.80 Å². The van der Waals surface area contributed by atoms with Crippen molar-refractivity contribution in [3.63, 3.8) is 0 Å². The number of rotatable bonds is 4. The van der Waals surface area contributed by atoms with Gasteiger partial charge in [-0.2, -0.15) is 0 Å². The van der Waals surface area contributed by atoms with Crippen LogP contribution in [0.25, 0.3) is 0 Å². The van der Waals surface area contributed by atoms with Crippen LogP contribution in [0.5, 0.6) is 0 Å². The Balaban J connectivity index is 2.57. The lowest BCUT2D eigenvalue weighted by Gasteiger charge is -2.45. The maximum absolute atomic E-state index is 12.1. The van der Waals surface area contributed by atoms with E-state index < -0.39 is 0 Å². The van der Waals surface area contributed by atoms with E-state index in [1.807, 2.05) is 18.7 Å². The predicted octanol–water partition coefficient (Wildman–Crippen LogP) is 1.13. The molecule has 1 heterocycles. The first-order valence-corrected chi connectivity index (χ1v) is 7.02. The molecular weight excluding hydrogens is 226 g/mol. The van der Waals surface area contributed by atoms with E-state index in [9.17, 15) is 4.79 Å². The normalized spacial score (nSPS) is 26.1. The zero-order valence-electron chi connectivity index (χ0n) is 12.8. The van der Waals surface area contributed by atoms with Gasteiger partial charge in [-0.3, -0.25) is 9.69 Å². The van der Waals surface area contributed by atoms with Gasteiger partial charge >= 0.3 is 0 Å². The second kappa shape index (κ2) is 6.53. The van der Waals surface area contributed by atoms with Gasteiger partial charge in [0.1, 0.15) is 0 Å². The van der Waals surface area contributed by atoms with E-state index in [4.69, 9.17) is 0 Å². The molecule has 0 aromatic carbocycles. The largest absolute Gasteiger partial charge is 0.339 e. The Labute approximate surface area is 112 Å². The van der Waals surface area contributed by atoms with E-state index in [1.54, 1.807) is 0 Å². The van der Waals surface area contributed by atoms with Crippen LogP contribution in [0.15, 0.2) is 0 Å². The van der Waals surface area contributed by atoms with Crippen LogP contribution < -0.4 is 0 Å². The van der Waals surface area contributed by atoms with Crippen molar-refractivity contribution in [1.82, 2.24) is 14.7 Å². The van der Waals surface area contributed by atoms with Gasteiger partial charge in [0.05, 0.1) is 0 Å². The molecule has 4 heteroatoms. The molecule has 0 spiro atoms. The lowest BCUT2D eigenvalue weighted by atomic mass is 10.1. The smallest absolute Gasteiger partial charge is 0.225 e. The SMILES string of the molecule is CC(C)C(=O)N1CC(C)N(CCN(C)C)C(C)C1. The fourth-order valence-electron chi connectivity index (χ4n) is 2.66. The third-order valence-electron chi connectivity index (χ3n) is 3.71. The molecule has 106 valence electrons. The minimum absolute atomic E-state index is 0.109. The van der Waals surface area contributed by atoms with Gasteiger partial charge in [-0.1, -0.05) is 13.8 Å². The van der Waals surface area contributed by atoms with Gasteiger partial charge in [-0.25, -0.2) is 0 Å². The van der Waals surface area contributed by atoms with Gasteiger partial charge in [0.25, 0.3) is 0 Å². The third kappa shape index (κ3) is 3.95. The molecule has 0 N–H and O–H groups in total. The van der Waals surface area contributed by atoms with E-state index in [-0.39, 0.29) is 5.92 Å². The number of carbonyl (C=O) groups excluding carboxylic acids is 1. The van der Waals surface area contributed by atoms with Crippen molar-refractivity contribution in [2.75, 3.05) is 40.3 Å². The molecular formula is C14H29N3O. The summed E-state index contributed by atoms with van der Waals surface area (Å²) in [7, 11) is 4.21. The molecule has 0 aromatic heterocycles. The molecule has 1 fully saturated rings. The second-order valence-electron chi connectivity index (χ2n) is 6.14. The zero-order chi connectivity index (χ0) is 13.9. The summed E-state index contributed by atoms with van der Waals surface area (Å²) in [5.74, 6) is 0.402. The molecule has 0 saturated carbocycles. The highest BCUT2D eigenvalue weighted by Gasteiger charge is 2.32. The fraction of sp³-hybridized carbons (Fsp3) is 0.929. The summed E-state index contributed by atoms with van der Waals surface area (Å²) in [6, 6.07) is 0.910. The summed E-state index contributed by atoms with van der Waals surface area (Å²) >= 11 is 0. The molecule has 0 radical (unpaired) electrons. The Kier molecular flexibility index (Phi) is 5.60. The Morgan fingerprint density at radius 2 is 1.72 bits per heavy atom. The van der Waals surface area contributed by atoms with Crippen LogP contribution in [0.2, 0.25) is 0 Å². The molecule has 4 nitrogen and oxygen atoms in total. The first kappa shape index (κ1) is 15.4. The van der Waals surface area contributed by atoms with Crippen molar-refractivity contribution in [2.24, 2.45) is 5.92 Å². The number of carbonyl (C=O) groups is 1. The van der Waals surface area contributed by atoms with E-state index in [0.717, 1.165) is 26.2 Å². The number of hydrogen-bond donors (Lipinski definition) is 0. The molecule has 1 amide bonds. The van der Waals surface area contributed by atoms with Gasteiger partial charge in [-0.15, -0.1) is 0 Å². The zero-order valence-corrected chi connectivity index (χ0v) is 12.8. The summed E-state index contributed by atoms with van der Waals surface area (Å²) in [5, 5.41) is 0. The summed E-state index contributed by atoms with van der Waals surface area (Å²) in [4.78, 5) is 18.8. The average molecular weight is 255 g/mol. The molecule has 0 aromatic rings. The van der Waals surface area contributed by atoms with E-state index in [0.29, 0.717) is 18.0 Å². The van der Waals surface area contributed by atoms with E-state index in [1.165, 1.54) is 0 Å². The average Bonchev–Trinajstić information content (AvgIpc) is 2.26. The Morgan fingerprint density at radius 3 is 2.11 bits per heavy atom. The van der Waals surface area contributed by atoms with Crippen LogP contribution in [-0.4, -0.2) is 73.0 Å². The Bertz CT molecular complexity index is 266. The van der Waals surface area contributed by atoms with E-state index in [2.05, 4.69) is 37.7 Å². The first-order valence-electron chi connectivity index (χ1n) is 7.02. The van der Waals surface area contributed by atoms with Crippen LogP contribution in [0.4, 0.5) is 0 Å². The van der Waals surface area contributed by atoms with Crippen molar-refractivity contribution < 1.29 is 4.79 Å². The van der Waals surface area contributed by atoms with Crippen molar-refractivity contribution in [3.05, 3.63) is 0 Å². The standard InChI is InChI=1S/C14H29N3O/c1-11(2)14(18)16-9-12(3)17(13(4)10-16)8-7-15(5)6/h11-13H,7-10H2,1-6H3. The van der Waals surface area contributed by atoms with E-state index >= 15 is 0 Å². The molecule has 0 bridgehead atoms. The van der Waals surface area contributed by atoms with Crippen LogP contribution in [0.1, 0.15) is 27.7 Å². The van der Waals surface area contributed by atoms with Crippen molar-refractivity contribution in [2.45, 2.75) is 39.8 Å². The van der Waals surface area contributed by atoms with Gasteiger partial charge in [0, 0.05) is 44.2 Å². The molecule has 1 rings (SSSR count). The molecule has 1 aliphatic rings. The van der Waals surface area contributed by atoms with Crippen LogP contribution >= 0.6 is 0 Å². The molecule has 2 atom stereocenters. The monoisotopic (exact) mass is 255 g/mol. The third-order valence-corrected chi connectivity index (χ3v) is 3.71. The number of likely N-dealkylation sites (N-methyl/N-ethyl adjacent to an activating group) is 1. The van der Waals surface area contributed by atoms with Crippen LogP contribution in [0, 0.1) is 5.92 Å². The molecule has 18 heavy (non-hydrogen) atoms. The Morgan fingerprint density at radius 1 is 1.22 bits per heavy atom. The van der Waals surface area contributed by atoms with Crippen LogP contribution in [-0.2, 0) is 4.79 Å². The van der Waals surface area contributed by atoms with Crippen LogP contribution in [0.3, 0.4) is 0 Å². The second-order valence-corrected chi connectivity index (χ2v) is 6.14. The van der Waals surface area contributed by atoms with Gasteiger partial charge in [0.15, 0.2) is 0 Å². The Hall–Kier alpha value is -0.610. The maximum Gasteiger partial charge on any atom is 0.225 e. The summed E-state index contributed by atoms with van der Waals surface area (Å²) in [6.07, 6.45) is 0. The number of piperazine rings is 1. The highest BCUT2D eigenvalue weighted by molar-refractivity contribution is 5.78. The number of nitrogens with zero attached hydrogens (tertiary/aromatic N) is 3. The lowest BCUT2D eigenvalue weighted by Crippen LogP contribution is -2.59. The minimum atomic E-state index is 0.109. The molecule has 2 unspecified atom stereocenters.